The molecule has 2 aliphatic rings. The predicted molar refractivity (Wildman–Crippen MR) is 78.9 cm³/mol. The molecular formula is C15H19FN2OS. The molecule has 1 saturated heterocycles. The zero-order valence-corrected chi connectivity index (χ0v) is 12.5. The minimum atomic E-state index is -0.412. The second kappa shape index (κ2) is 5.04. The molecule has 1 saturated carbocycles. The van der Waals surface area contributed by atoms with Gasteiger partial charge in [0.25, 0.3) is 0 Å². The number of hydrogen-bond acceptors (Lipinski definition) is 3. The van der Waals surface area contributed by atoms with Crippen molar-refractivity contribution >= 4 is 17.7 Å². The number of nitrogens with one attached hydrogen (secondary N) is 1. The minimum absolute atomic E-state index is 0.131. The van der Waals surface area contributed by atoms with Gasteiger partial charge in [0, 0.05) is 17.4 Å². The van der Waals surface area contributed by atoms with Gasteiger partial charge in [-0.25, -0.2) is 4.39 Å². The topological polar surface area (TPSA) is 32.3 Å². The van der Waals surface area contributed by atoms with Crippen molar-refractivity contribution in [2.75, 3.05) is 12.8 Å². The van der Waals surface area contributed by atoms with Crippen molar-refractivity contribution in [1.29, 1.82) is 0 Å². The molecule has 0 aromatic heterocycles. The van der Waals surface area contributed by atoms with E-state index in [9.17, 15) is 9.18 Å². The van der Waals surface area contributed by atoms with Gasteiger partial charge in [-0.05, 0) is 25.2 Å². The molecule has 1 aromatic carbocycles. The van der Waals surface area contributed by atoms with Gasteiger partial charge in [-0.1, -0.05) is 25.1 Å². The molecule has 2 atom stereocenters. The van der Waals surface area contributed by atoms with Gasteiger partial charge in [0.15, 0.2) is 0 Å². The summed E-state index contributed by atoms with van der Waals surface area (Å²) >= 11 is 1.72. The third kappa shape index (κ3) is 2.23. The Morgan fingerprint density at radius 3 is 2.80 bits per heavy atom. The van der Waals surface area contributed by atoms with Crippen LogP contribution < -0.4 is 5.32 Å². The van der Waals surface area contributed by atoms with Crippen molar-refractivity contribution in [3.05, 3.63) is 35.6 Å². The standard InChI is InChI=1S/C15H19FN2OS/c1-10(20-2)9-18-13(11-5-3-4-6-12(11)16)17-15(7-8-15)14(18)19/h3-6,10,13,17H,7-9H2,1-2H3. The number of benzene rings is 1. The number of nitrogens with zero attached hydrogens (tertiary/aromatic N) is 1. The summed E-state index contributed by atoms with van der Waals surface area (Å²) in [5.74, 6) is -0.121. The number of thioether (sulfide) groups is 1. The van der Waals surface area contributed by atoms with Crippen LogP contribution in [-0.2, 0) is 4.79 Å². The average Bonchev–Trinajstić information content (AvgIpc) is 3.18. The van der Waals surface area contributed by atoms with E-state index in [0.717, 1.165) is 12.8 Å². The molecule has 2 unspecified atom stereocenters. The second-order valence-corrected chi connectivity index (χ2v) is 6.93. The minimum Gasteiger partial charge on any atom is -0.320 e. The Bertz CT molecular complexity index is 532. The average molecular weight is 294 g/mol. The van der Waals surface area contributed by atoms with Gasteiger partial charge in [-0.3, -0.25) is 10.1 Å². The molecule has 3 rings (SSSR count). The number of carbonyl (C=O) groups excluding carboxylic acids is 1. The van der Waals surface area contributed by atoms with Crippen molar-refractivity contribution in [2.45, 2.75) is 36.7 Å². The normalized spacial score (nSPS) is 25.2. The predicted octanol–water partition coefficient (Wildman–Crippen LogP) is 2.54. The Hall–Kier alpha value is -1.07. The Kier molecular flexibility index (Phi) is 3.50. The van der Waals surface area contributed by atoms with Crippen LogP contribution in [0.25, 0.3) is 0 Å². The third-order valence-corrected chi connectivity index (χ3v) is 5.15. The van der Waals surface area contributed by atoms with E-state index >= 15 is 0 Å². The summed E-state index contributed by atoms with van der Waals surface area (Å²) in [5.41, 5.74) is 0.156. The van der Waals surface area contributed by atoms with E-state index in [-0.39, 0.29) is 17.9 Å². The molecule has 1 aromatic rings. The van der Waals surface area contributed by atoms with Gasteiger partial charge in [0.1, 0.15) is 17.5 Å². The molecule has 20 heavy (non-hydrogen) atoms. The van der Waals surface area contributed by atoms with E-state index in [4.69, 9.17) is 0 Å². The van der Waals surface area contributed by atoms with Crippen LogP contribution in [0.15, 0.2) is 24.3 Å². The summed E-state index contributed by atoms with van der Waals surface area (Å²) in [5, 5.41) is 3.69. The summed E-state index contributed by atoms with van der Waals surface area (Å²) in [6.45, 7) is 2.74. The molecule has 0 radical (unpaired) electrons. The molecular weight excluding hydrogens is 275 g/mol. The first-order chi connectivity index (χ1) is 9.57. The maximum atomic E-state index is 14.1. The van der Waals surface area contributed by atoms with Crippen LogP contribution >= 0.6 is 11.8 Å². The summed E-state index contributed by atoms with van der Waals surface area (Å²) in [4.78, 5) is 14.4. The Balaban J connectivity index is 1.91. The molecule has 1 heterocycles. The number of amides is 1. The summed E-state index contributed by atoms with van der Waals surface area (Å²) in [7, 11) is 0. The van der Waals surface area contributed by atoms with Crippen LogP contribution in [0.5, 0.6) is 0 Å². The zero-order chi connectivity index (χ0) is 14.3. The van der Waals surface area contributed by atoms with Crippen LogP contribution in [0, 0.1) is 5.82 Å². The lowest BCUT2D eigenvalue weighted by molar-refractivity contribution is -0.130. The highest BCUT2D eigenvalue weighted by Gasteiger charge is 2.59. The largest absolute Gasteiger partial charge is 0.320 e. The van der Waals surface area contributed by atoms with Crippen molar-refractivity contribution in [3.8, 4) is 0 Å². The molecule has 1 aliphatic heterocycles. The van der Waals surface area contributed by atoms with Gasteiger partial charge in [0.2, 0.25) is 5.91 Å². The quantitative estimate of drug-likeness (QED) is 0.926. The highest BCUT2D eigenvalue weighted by atomic mass is 32.2. The Morgan fingerprint density at radius 2 is 2.20 bits per heavy atom. The number of carbonyl (C=O) groups is 1. The molecule has 1 aliphatic carbocycles. The molecule has 3 nitrogen and oxygen atoms in total. The summed E-state index contributed by atoms with van der Waals surface area (Å²) in [6, 6.07) is 6.71. The van der Waals surface area contributed by atoms with Crippen molar-refractivity contribution in [1.82, 2.24) is 10.2 Å². The first kappa shape index (κ1) is 13.9. The fourth-order valence-corrected chi connectivity index (χ4v) is 3.07. The summed E-state index contributed by atoms with van der Waals surface area (Å²) in [6.07, 6.45) is 3.42. The maximum absolute atomic E-state index is 14.1. The zero-order valence-electron chi connectivity index (χ0n) is 11.7. The Labute approximate surface area is 122 Å². The lowest BCUT2D eigenvalue weighted by Gasteiger charge is -2.27. The highest BCUT2D eigenvalue weighted by molar-refractivity contribution is 7.99. The van der Waals surface area contributed by atoms with Gasteiger partial charge < -0.3 is 4.90 Å². The maximum Gasteiger partial charge on any atom is 0.244 e. The third-order valence-electron chi connectivity index (χ3n) is 4.20. The van der Waals surface area contributed by atoms with Gasteiger partial charge >= 0.3 is 0 Å². The fraction of sp³-hybridized carbons (Fsp3) is 0.533. The van der Waals surface area contributed by atoms with Crippen LogP contribution in [0.1, 0.15) is 31.5 Å². The molecule has 108 valence electrons. The highest BCUT2D eigenvalue weighted by Crippen LogP contribution is 2.46. The van der Waals surface area contributed by atoms with Crippen molar-refractivity contribution < 1.29 is 9.18 Å². The SMILES string of the molecule is CSC(C)CN1C(=O)C2(CC2)NC1c1ccccc1F. The van der Waals surface area contributed by atoms with Crippen molar-refractivity contribution in [2.24, 2.45) is 0 Å². The van der Waals surface area contributed by atoms with Gasteiger partial charge in [-0.2, -0.15) is 11.8 Å². The number of rotatable bonds is 4. The van der Waals surface area contributed by atoms with Gasteiger partial charge in [0.05, 0.1) is 0 Å². The molecule has 2 fully saturated rings. The van der Waals surface area contributed by atoms with E-state index in [1.54, 1.807) is 23.9 Å². The van der Waals surface area contributed by atoms with Crippen LogP contribution in [0.2, 0.25) is 0 Å². The lowest BCUT2D eigenvalue weighted by atomic mass is 10.1. The molecule has 1 spiro atoms. The van der Waals surface area contributed by atoms with E-state index in [0.29, 0.717) is 17.4 Å². The van der Waals surface area contributed by atoms with E-state index in [2.05, 4.69) is 12.2 Å². The number of hydrogen-bond donors (Lipinski definition) is 1. The van der Waals surface area contributed by atoms with Gasteiger partial charge in [-0.15, -0.1) is 0 Å². The van der Waals surface area contributed by atoms with E-state index < -0.39 is 5.54 Å². The van der Waals surface area contributed by atoms with Crippen LogP contribution in [0.4, 0.5) is 4.39 Å². The van der Waals surface area contributed by atoms with E-state index in [1.807, 2.05) is 17.2 Å². The van der Waals surface area contributed by atoms with E-state index in [1.165, 1.54) is 6.07 Å². The van der Waals surface area contributed by atoms with Crippen molar-refractivity contribution in [3.63, 3.8) is 0 Å². The monoisotopic (exact) mass is 294 g/mol. The molecule has 1 N–H and O–H groups in total. The fourth-order valence-electron chi connectivity index (χ4n) is 2.76. The lowest BCUT2D eigenvalue weighted by Crippen LogP contribution is -2.36. The Morgan fingerprint density at radius 1 is 1.50 bits per heavy atom. The molecule has 1 amide bonds. The molecule has 0 bridgehead atoms. The summed E-state index contributed by atoms with van der Waals surface area (Å²) < 4.78 is 14.1. The number of halogens is 1. The van der Waals surface area contributed by atoms with Crippen LogP contribution in [-0.4, -0.2) is 34.4 Å². The first-order valence-electron chi connectivity index (χ1n) is 6.93. The first-order valence-corrected chi connectivity index (χ1v) is 8.22. The molecule has 5 heteroatoms. The van der Waals surface area contributed by atoms with Crippen LogP contribution in [0.3, 0.4) is 0 Å². The second-order valence-electron chi connectivity index (χ2n) is 5.65. The smallest absolute Gasteiger partial charge is 0.244 e.